The summed E-state index contributed by atoms with van der Waals surface area (Å²) in [5.74, 6) is -1.65. The summed E-state index contributed by atoms with van der Waals surface area (Å²) in [4.78, 5) is 37.0. The highest BCUT2D eigenvalue weighted by Gasteiger charge is 2.17. The quantitative estimate of drug-likeness (QED) is 0.391. The highest BCUT2D eigenvalue weighted by molar-refractivity contribution is 7.89. The van der Waals surface area contributed by atoms with E-state index in [0.29, 0.717) is 11.3 Å². The minimum atomic E-state index is -3.73. The number of nitrogens with one attached hydrogen (secondary N) is 2. The molecular formula is C13H12N4O7S2. The van der Waals surface area contributed by atoms with Crippen molar-refractivity contribution in [3.05, 3.63) is 46.1 Å². The van der Waals surface area contributed by atoms with Crippen molar-refractivity contribution in [1.29, 1.82) is 0 Å². The maximum Gasteiger partial charge on any atom is 0.345 e. The largest absolute Gasteiger partial charge is 0.452 e. The van der Waals surface area contributed by atoms with Crippen LogP contribution in [0.15, 0.2) is 35.4 Å². The standard InChI is InChI=1S/C13H12N4O7S2/c1-14-26(22,23)9-4-2-3-8(5-9)12(19)24-7-10(18)16-13-15-6-11(25-13)17(20)21/h2-6,14H,7H2,1H3,(H,15,16,18). The van der Waals surface area contributed by atoms with Gasteiger partial charge in [-0.3, -0.25) is 20.2 Å². The van der Waals surface area contributed by atoms with Crippen LogP contribution in [0.1, 0.15) is 10.4 Å². The van der Waals surface area contributed by atoms with Gasteiger partial charge in [0.15, 0.2) is 11.7 Å². The first-order valence-electron chi connectivity index (χ1n) is 6.84. The number of ether oxygens (including phenoxy) is 1. The van der Waals surface area contributed by atoms with Gasteiger partial charge in [0.2, 0.25) is 10.0 Å². The Morgan fingerprint density at radius 2 is 2.12 bits per heavy atom. The molecule has 0 aliphatic carbocycles. The van der Waals surface area contributed by atoms with E-state index in [0.717, 1.165) is 12.3 Å². The molecule has 0 aliphatic heterocycles. The van der Waals surface area contributed by atoms with E-state index in [2.05, 4.69) is 15.0 Å². The van der Waals surface area contributed by atoms with Gasteiger partial charge in [-0.15, -0.1) is 0 Å². The molecule has 13 heteroatoms. The number of nitro groups is 1. The second-order valence-corrected chi connectivity index (χ2v) is 7.52. The fourth-order valence-electron chi connectivity index (χ4n) is 1.69. The van der Waals surface area contributed by atoms with E-state index in [1.165, 1.54) is 25.2 Å². The number of rotatable bonds is 7. The van der Waals surface area contributed by atoms with Crippen molar-refractivity contribution in [2.45, 2.75) is 4.90 Å². The Labute approximate surface area is 151 Å². The normalized spacial score (nSPS) is 11.0. The lowest BCUT2D eigenvalue weighted by molar-refractivity contribution is -0.380. The zero-order valence-electron chi connectivity index (χ0n) is 13.2. The molecule has 0 fully saturated rings. The van der Waals surface area contributed by atoms with Gasteiger partial charge in [-0.25, -0.2) is 22.9 Å². The van der Waals surface area contributed by atoms with E-state index in [9.17, 15) is 28.1 Å². The summed E-state index contributed by atoms with van der Waals surface area (Å²) >= 11 is 0.651. The predicted octanol–water partition coefficient (Wildman–Crippen LogP) is 0.755. The third-order valence-corrected chi connectivity index (χ3v) is 5.18. The monoisotopic (exact) mass is 400 g/mol. The van der Waals surface area contributed by atoms with E-state index in [4.69, 9.17) is 4.74 Å². The highest BCUT2D eigenvalue weighted by Crippen LogP contribution is 2.24. The maximum atomic E-state index is 11.9. The van der Waals surface area contributed by atoms with Gasteiger partial charge in [0.1, 0.15) is 6.20 Å². The van der Waals surface area contributed by atoms with E-state index < -0.39 is 33.4 Å². The summed E-state index contributed by atoms with van der Waals surface area (Å²) in [7, 11) is -2.50. The molecule has 0 atom stereocenters. The number of anilines is 1. The van der Waals surface area contributed by atoms with Crippen molar-refractivity contribution in [2.75, 3.05) is 19.0 Å². The van der Waals surface area contributed by atoms with Crippen molar-refractivity contribution in [1.82, 2.24) is 9.71 Å². The minimum absolute atomic E-state index is 0.0140. The van der Waals surface area contributed by atoms with Crippen molar-refractivity contribution in [3.63, 3.8) is 0 Å². The molecule has 0 saturated heterocycles. The van der Waals surface area contributed by atoms with Crippen molar-refractivity contribution in [2.24, 2.45) is 0 Å². The molecule has 2 rings (SSSR count). The average molecular weight is 400 g/mol. The van der Waals surface area contributed by atoms with Crippen LogP contribution in [-0.4, -0.2) is 43.9 Å². The molecule has 0 bridgehead atoms. The summed E-state index contributed by atoms with van der Waals surface area (Å²) < 4.78 is 30.3. The molecule has 2 N–H and O–H groups in total. The number of hydrogen-bond donors (Lipinski definition) is 2. The number of esters is 1. The van der Waals surface area contributed by atoms with Crippen molar-refractivity contribution >= 4 is 43.4 Å². The molecule has 0 spiro atoms. The molecular weight excluding hydrogens is 388 g/mol. The van der Waals surface area contributed by atoms with E-state index in [-0.39, 0.29) is 20.6 Å². The zero-order chi connectivity index (χ0) is 19.3. The van der Waals surface area contributed by atoms with E-state index >= 15 is 0 Å². The Bertz CT molecular complexity index is 955. The van der Waals surface area contributed by atoms with Crippen LogP contribution in [0.3, 0.4) is 0 Å². The first-order valence-corrected chi connectivity index (χ1v) is 9.13. The second-order valence-electron chi connectivity index (χ2n) is 4.62. The third kappa shape index (κ3) is 4.81. The number of aromatic nitrogens is 1. The van der Waals surface area contributed by atoms with Gasteiger partial charge < -0.3 is 4.74 Å². The van der Waals surface area contributed by atoms with Crippen LogP contribution >= 0.6 is 11.3 Å². The first kappa shape index (κ1) is 19.4. The Hall–Kier alpha value is -2.90. The first-order chi connectivity index (χ1) is 12.2. The number of nitrogens with zero attached hydrogens (tertiary/aromatic N) is 2. The Balaban J connectivity index is 1.96. The molecule has 0 saturated carbocycles. The van der Waals surface area contributed by atoms with Gasteiger partial charge in [-0.05, 0) is 36.6 Å². The fraction of sp³-hybridized carbons (Fsp3) is 0.154. The van der Waals surface area contributed by atoms with Gasteiger partial charge in [0.05, 0.1) is 15.4 Å². The molecule has 0 radical (unpaired) electrons. The third-order valence-electron chi connectivity index (χ3n) is 2.90. The molecule has 11 nitrogen and oxygen atoms in total. The summed E-state index contributed by atoms with van der Waals surface area (Å²) in [6.45, 7) is -0.671. The fourth-order valence-corrected chi connectivity index (χ4v) is 3.11. The van der Waals surface area contributed by atoms with Gasteiger partial charge in [-0.1, -0.05) is 6.07 Å². The highest BCUT2D eigenvalue weighted by atomic mass is 32.2. The lowest BCUT2D eigenvalue weighted by atomic mass is 10.2. The molecule has 1 aromatic carbocycles. The predicted molar refractivity (Wildman–Crippen MR) is 90.4 cm³/mol. The van der Waals surface area contributed by atoms with Gasteiger partial charge >= 0.3 is 11.0 Å². The summed E-state index contributed by atoms with van der Waals surface area (Å²) in [5, 5.41) is 12.5. The van der Waals surface area contributed by atoms with Gasteiger partial charge in [0, 0.05) is 0 Å². The Morgan fingerprint density at radius 3 is 2.73 bits per heavy atom. The minimum Gasteiger partial charge on any atom is -0.452 e. The number of benzene rings is 1. The second kappa shape index (κ2) is 7.99. The Morgan fingerprint density at radius 1 is 1.38 bits per heavy atom. The smallest absolute Gasteiger partial charge is 0.345 e. The van der Waals surface area contributed by atoms with Crippen LogP contribution in [0, 0.1) is 10.1 Å². The molecule has 2 aromatic rings. The van der Waals surface area contributed by atoms with Gasteiger partial charge in [-0.2, -0.15) is 0 Å². The molecule has 138 valence electrons. The average Bonchev–Trinajstić information content (AvgIpc) is 3.08. The molecule has 1 aromatic heterocycles. The summed E-state index contributed by atoms with van der Waals surface area (Å²) in [5.41, 5.74) is -0.0565. The molecule has 0 unspecified atom stereocenters. The molecule has 1 heterocycles. The van der Waals surface area contributed by atoms with Gasteiger partial charge in [0.25, 0.3) is 5.91 Å². The van der Waals surface area contributed by atoms with Crippen molar-refractivity contribution < 1.29 is 27.7 Å². The zero-order valence-corrected chi connectivity index (χ0v) is 14.8. The number of sulfonamides is 1. The lowest BCUT2D eigenvalue weighted by Crippen LogP contribution is -2.21. The number of thiazole rings is 1. The summed E-state index contributed by atoms with van der Waals surface area (Å²) in [6, 6.07) is 5.09. The number of amides is 1. The van der Waals surface area contributed by atoms with Crippen molar-refractivity contribution in [3.8, 4) is 0 Å². The van der Waals surface area contributed by atoms with E-state index in [1.807, 2.05) is 0 Å². The number of carbonyl (C=O) groups excluding carboxylic acids is 2. The van der Waals surface area contributed by atoms with Crippen LogP contribution < -0.4 is 10.0 Å². The topological polar surface area (TPSA) is 158 Å². The number of hydrogen-bond acceptors (Lipinski definition) is 9. The van der Waals surface area contributed by atoms with Crippen LogP contribution in [0.5, 0.6) is 0 Å². The SMILES string of the molecule is CNS(=O)(=O)c1cccc(C(=O)OCC(=O)Nc2ncc([N+](=O)[O-])s2)c1. The van der Waals surface area contributed by atoms with Crippen LogP contribution in [-0.2, 0) is 19.6 Å². The molecule has 1 amide bonds. The van der Waals surface area contributed by atoms with Crippen LogP contribution in [0.4, 0.5) is 10.1 Å². The number of carbonyl (C=O) groups is 2. The molecule has 0 aliphatic rings. The summed E-state index contributed by atoms with van der Waals surface area (Å²) in [6.07, 6.45) is 0.986. The molecule has 26 heavy (non-hydrogen) atoms. The van der Waals surface area contributed by atoms with E-state index in [1.54, 1.807) is 0 Å². The Kier molecular flexibility index (Phi) is 5.97. The maximum absolute atomic E-state index is 11.9. The van der Waals surface area contributed by atoms with Crippen LogP contribution in [0.25, 0.3) is 0 Å². The van der Waals surface area contributed by atoms with Crippen LogP contribution in [0.2, 0.25) is 0 Å². The lowest BCUT2D eigenvalue weighted by Gasteiger charge is -2.06.